The summed E-state index contributed by atoms with van der Waals surface area (Å²) in [6.45, 7) is 6.63. The normalized spacial score (nSPS) is 28.8. The van der Waals surface area contributed by atoms with Crippen LogP contribution in [0.25, 0.3) is 5.70 Å². The standard InChI is InChI=1S/C20H27NO/c1-14-8-4-6-10-16(14)19(22)12-18-17-11-7-5-9-15(17)13-20(2,3)21-18/h5,7,9,11-12,14,16,21H,4,6,8,10,13H2,1-3H3/b18-12-/t14-,16+/m0/s1. The van der Waals surface area contributed by atoms with Gasteiger partial charge in [0.1, 0.15) is 0 Å². The highest BCUT2D eigenvalue weighted by Crippen LogP contribution is 2.33. The lowest BCUT2D eigenvalue weighted by Gasteiger charge is -2.36. The van der Waals surface area contributed by atoms with Gasteiger partial charge in [0.05, 0.1) is 0 Å². The number of hydrogen-bond acceptors (Lipinski definition) is 2. The van der Waals surface area contributed by atoms with Gasteiger partial charge in [0.25, 0.3) is 0 Å². The van der Waals surface area contributed by atoms with Crippen molar-refractivity contribution in [2.45, 2.75) is 58.4 Å². The number of hydrogen-bond donors (Lipinski definition) is 1. The van der Waals surface area contributed by atoms with E-state index < -0.39 is 0 Å². The SMILES string of the molecule is C[C@H]1CCCC[C@H]1C(=O)/C=C1\NC(C)(C)Cc2ccccc21. The number of ketones is 1. The Bertz CT molecular complexity index is 599. The molecule has 3 rings (SSSR count). The van der Waals surface area contributed by atoms with Gasteiger partial charge in [-0.3, -0.25) is 4.79 Å². The quantitative estimate of drug-likeness (QED) is 0.822. The average Bonchev–Trinajstić information content (AvgIpc) is 2.46. The van der Waals surface area contributed by atoms with Crippen LogP contribution in [0, 0.1) is 11.8 Å². The smallest absolute Gasteiger partial charge is 0.161 e. The van der Waals surface area contributed by atoms with Gasteiger partial charge in [-0.25, -0.2) is 0 Å². The first-order valence-corrected chi connectivity index (χ1v) is 8.58. The monoisotopic (exact) mass is 297 g/mol. The Hall–Kier alpha value is -1.57. The molecule has 1 saturated carbocycles. The van der Waals surface area contributed by atoms with E-state index in [9.17, 15) is 4.79 Å². The lowest BCUT2D eigenvalue weighted by Crippen LogP contribution is -2.44. The van der Waals surface area contributed by atoms with Crippen LogP contribution in [0.15, 0.2) is 30.3 Å². The lowest BCUT2D eigenvalue weighted by molar-refractivity contribution is -0.120. The van der Waals surface area contributed by atoms with Crippen molar-refractivity contribution >= 4 is 11.5 Å². The molecule has 0 bridgehead atoms. The summed E-state index contributed by atoms with van der Waals surface area (Å²) >= 11 is 0. The van der Waals surface area contributed by atoms with Gasteiger partial charge in [-0.05, 0) is 38.2 Å². The third kappa shape index (κ3) is 3.11. The summed E-state index contributed by atoms with van der Waals surface area (Å²) in [6.07, 6.45) is 7.58. The minimum Gasteiger partial charge on any atom is -0.379 e. The molecular weight excluding hydrogens is 270 g/mol. The van der Waals surface area contributed by atoms with Crippen LogP contribution in [0.2, 0.25) is 0 Å². The van der Waals surface area contributed by atoms with Crippen molar-refractivity contribution in [1.82, 2.24) is 5.32 Å². The molecule has 1 heterocycles. The summed E-state index contributed by atoms with van der Waals surface area (Å²) < 4.78 is 0. The molecule has 1 aromatic rings. The second kappa shape index (κ2) is 5.91. The van der Waals surface area contributed by atoms with E-state index in [-0.39, 0.29) is 11.5 Å². The number of nitrogens with one attached hydrogen (secondary N) is 1. The second-order valence-electron chi connectivity index (χ2n) is 7.67. The van der Waals surface area contributed by atoms with Crippen LogP contribution in [0.1, 0.15) is 57.6 Å². The molecule has 2 aliphatic rings. The number of fused-ring (bicyclic) bond motifs is 1. The average molecular weight is 297 g/mol. The first-order chi connectivity index (χ1) is 10.5. The summed E-state index contributed by atoms with van der Waals surface area (Å²) in [5, 5.41) is 3.57. The number of allylic oxidation sites excluding steroid dienone is 1. The summed E-state index contributed by atoms with van der Waals surface area (Å²) in [5.41, 5.74) is 3.54. The highest BCUT2D eigenvalue weighted by Gasteiger charge is 2.30. The molecule has 0 radical (unpaired) electrons. The van der Waals surface area contributed by atoms with Gasteiger partial charge >= 0.3 is 0 Å². The molecule has 2 heteroatoms. The van der Waals surface area contributed by atoms with Crippen LogP contribution in [-0.2, 0) is 11.2 Å². The molecule has 0 unspecified atom stereocenters. The predicted molar refractivity (Wildman–Crippen MR) is 91.5 cm³/mol. The van der Waals surface area contributed by atoms with E-state index in [1.807, 2.05) is 6.08 Å². The van der Waals surface area contributed by atoms with Crippen molar-refractivity contribution in [3.8, 4) is 0 Å². The highest BCUT2D eigenvalue weighted by atomic mass is 16.1. The molecule has 0 amide bonds. The van der Waals surface area contributed by atoms with Gasteiger partial charge < -0.3 is 5.32 Å². The number of benzene rings is 1. The zero-order chi connectivity index (χ0) is 15.7. The van der Waals surface area contributed by atoms with E-state index in [0.717, 1.165) is 18.5 Å². The highest BCUT2D eigenvalue weighted by molar-refractivity contribution is 5.98. The van der Waals surface area contributed by atoms with Crippen molar-refractivity contribution in [3.63, 3.8) is 0 Å². The maximum atomic E-state index is 12.8. The fourth-order valence-electron chi connectivity index (χ4n) is 3.99. The molecular formula is C20H27NO. The van der Waals surface area contributed by atoms with Crippen LogP contribution < -0.4 is 5.32 Å². The summed E-state index contributed by atoms with van der Waals surface area (Å²) in [5.74, 6) is 1.03. The Morgan fingerprint density at radius 1 is 1.23 bits per heavy atom. The summed E-state index contributed by atoms with van der Waals surface area (Å²) in [6, 6.07) is 8.45. The van der Waals surface area contributed by atoms with Gasteiger partial charge in [-0.2, -0.15) is 0 Å². The van der Waals surface area contributed by atoms with Gasteiger partial charge in [-0.15, -0.1) is 0 Å². The van der Waals surface area contributed by atoms with Gasteiger partial charge in [0.2, 0.25) is 0 Å². The van der Waals surface area contributed by atoms with Crippen molar-refractivity contribution in [3.05, 3.63) is 41.5 Å². The maximum Gasteiger partial charge on any atom is 0.161 e. The van der Waals surface area contributed by atoms with Crippen molar-refractivity contribution in [1.29, 1.82) is 0 Å². The van der Waals surface area contributed by atoms with Gasteiger partial charge in [0.15, 0.2) is 5.78 Å². The van der Waals surface area contributed by atoms with Crippen molar-refractivity contribution < 1.29 is 4.79 Å². The molecule has 2 atom stereocenters. The van der Waals surface area contributed by atoms with E-state index in [1.165, 1.54) is 30.4 Å². The van der Waals surface area contributed by atoms with Crippen LogP contribution in [0.4, 0.5) is 0 Å². The molecule has 0 aromatic heterocycles. The minimum atomic E-state index is -0.00134. The third-order valence-electron chi connectivity index (χ3n) is 5.18. The van der Waals surface area contributed by atoms with Crippen LogP contribution in [0.5, 0.6) is 0 Å². The molecule has 1 aliphatic heterocycles. The zero-order valence-electron chi connectivity index (χ0n) is 14.0. The predicted octanol–water partition coefficient (Wildman–Crippen LogP) is 4.35. The second-order valence-corrected chi connectivity index (χ2v) is 7.67. The van der Waals surface area contributed by atoms with E-state index in [0.29, 0.717) is 11.7 Å². The zero-order valence-corrected chi connectivity index (χ0v) is 14.0. The van der Waals surface area contributed by atoms with E-state index in [2.05, 4.69) is 50.4 Å². The number of carbonyl (C=O) groups excluding carboxylic acids is 1. The Morgan fingerprint density at radius 2 is 1.95 bits per heavy atom. The van der Waals surface area contributed by atoms with Crippen LogP contribution in [-0.4, -0.2) is 11.3 Å². The molecule has 1 aliphatic carbocycles. The minimum absolute atomic E-state index is 0.00134. The topological polar surface area (TPSA) is 29.1 Å². The largest absolute Gasteiger partial charge is 0.379 e. The molecule has 22 heavy (non-hydrogen) atoms. The molecule has 118 valence electrons. The van der Waals surface area contributed by atoms with Gasteiger partial charge in [-0.1, -0.05) is 50.5 Å². The maximum absolute atomic E-state index is 12.8. The Labute approximate surface area is 134 Å². The fraction of sp³-hybridized carbons (Fsp3) is 0.550. The van der Waals surface area contributed by atoms with E-state index in [4.69, 9.17) is 0 Å². The fourth-order valence-corrected chi connectivity index (χ4v) is 3.99. The van der Waals surface area contributed by atoms with Crippen LogP contribution in [0.3, 0.4) is 0 Å². The Kier molecular flexibility index (Phi) is 4.12. The van der Waals surface area contributed by atoms with Gasteiger partial charge in [0, 0.05) is 28.8 Å². The molecule has 0 spiro atoms. The van der Waals surface area contributed by atoms with Crippen molar-refractivity contribution in [2.24, 2.45) is 11.8 Å². The van der Waals surface area contributed by atoms with Crippen LogP contribution >= 0.6 is 0 Å². The Balaban J connectivity index is 1.91. The first-order valence-electron chi connectivity index (χ1n) is 8.58. The molecule has 0 saturated heterocycles. The first kappa shape index (κ1) is 15.3. The summed E-state index contributed by atoms with van der Waals surface area (Å²) in [4.78, 5) is 12.8. The lowest BCUT2D eigenvalue weighted by atomic mass is 9.77. The molecule has 1 fully saturated rings. The number of carbonyl (C=O) groups is 1. The Morgan fingerprint density at radius 3 is 2.73 bits per heavy atom. The molecule has 2 nitrogen and oxygen atoms in total. The number of rotatable bonds is 2. The third-order valence-corrected chi connectivity index (χ3v) is 5.18. The van der Waals surface area contributed by atoms with E-state index in [1.54, 1.807) is 0 Å². The van der Waals surface area contributed by atoms with Crippen molar-refractivity contribution in [2.75, 3.05) is 0 Å². The summed E-state index contributed by atoms with van der Waals surface area (Å²) in [7, 11) is 0. The molecule has 1 N–H and O–H groups in total. The van der Waals surface area contributed by atoms with E-state index >= 15 is 0 Å². The molecule has 1 aromatic carbocycles.